The van der Waals surface area contributed by atoms with Gasteiger partial charge in [-0.15, -0.1) is 0 Å². The van der Waals surface area contributed by atoms with Crippen molar-refractivity contribution in [2.75, 3.05) is 18.0 Å². The largest absolute Gasteiger partial charge is 0.497 e. The van der Waals surface area contributed by atoms with Crippen LogP contribution in [0.15, 0.2) is 114 Å². The molecule has 0 radical (unpaired) electrons. The highest BCUT2D eigenvalue weighted by molar-refractivity contribution is 7.92. The summed E-state index contributed by atoms with van der Waals surface area (Å²) in [7, 11) is -2.58. The van der Waals surface area contributed by atoms with Crippen molar-refractivity contribution in [1.29, 1.82) is 0 Å². The highest BCUT2D eigenvalue weighted by Crippen LogP contribution is 2.26. The Hall–Kier alpha value is -4.63. The molecule has 0 unspecified atom stereocenters. The molecule has 46 heavy (non-hydrogen) atoms. The Kier molecular flexibility index (Phi) is 12.0. The Morgan fingerprint density at radius 3 is 2.04 bits per heavy atom. The van der Waals surface area contributed by atoms with Crippen molar-refractivity contribution in [3.8, 4) is 5.75 Å². The lowest BCUT2D eigenvalue weighted by atomic mass is 10.0. The Labute approximate surface area is 273 Å². The topological polar surface area (TPSA) is 96.0 Å². The van der Waals surface area contributed by atoms with Gasteiger partial charge in [-0.25, -0.2) is 8.42 Å². The zero-order valence-electron chi connectivity index (χ0n) is 26.9. The normalized spacial score (nSPS) is 12.5. The number of hydrogen-bond donors (Lipinski definition) is 1. The van der Waals surface area contributed by atoms with Crippen LogP contribution >= 0.6 is 0 Å². The Balaban J connectivity index is 1.81. The maximum absolute atomic E-state index is 14.6. The average Bonchev–Trinajstić information content (AvgIpc) is 3.09. The summed E-state index contributed by atoms with van der Waals surface area (Å²) in [6, 6.07) is 31.0. The predicted molar refractivity (Wildman–Crippen MR) is 182 cm³/mol. The highest BCUT2D eigenvalue weighted by atomic mass is 32.2. The molecule has 0 fully saturated rings. The Bertz CT molecular complexity index is 1680. The van der Waals surface area contributed by atoms with E-state index in [1.165, 1.54) is 17.0 Å². The maximum atomic E-state index is 14.6. The molecule has 9 heteroatoms. The number of hydrogen-bond acceptors (Lipinski definition) is 5. The first-order chi connectivity index (χ1) is 22.2. The van der Waals surface area contributed by atoms with Crippen LogP contribution in [0, 0.1) is 0 Å². The third-order valence-electron chi connectivity index (χ3n) is 8.00. The molecule has 0 saturated heterocycles. The molecular formula is C37H43N3O5S. The zero-order valence-corrected chi connectivity index (χ0v) is 27.7. The maximum Gasteiger partial charge on any atom is 0.264 e. The zero-order chi connectivity index (χ0) is 33.1. The van der Waals surface area contributed by atoms with Crippen LogP contribution < -0.4 is 14.4 Å². The smallest absolute Gasteiger partial charge is 0.264 e. The van der Waals surface area contributed by atoms with E-state index in [-0.39, 0.29) is 29.8 Å². The van der Waals surface area contributed by atoms with Crippen LogP contribution in [-0.2, 0) is 39.0 Å². The number of carbonyl (C=O) groups is 2. The van der Waals surface area contributed by atoms with Crippen molar-refractivity contribution in [3.05, 3.63) is 126 Å². The minimum Gasteiger partial charge on any atom is -0.497 e. The molecule has 0 aromatic heterocycles. The van der Waals surface area contributed by atoms with E-state index in [1.54, 1.807) is 43.5 Å². The van der Waals surface area contributed by atoms with Gasteiger partial charge in [-0.1, -0.05) is 86.6 Å². The van der Waals surface area contributed by atoms with E-state index in [1.807, 2.05) is 81.4 Å². The molecule has 2 amide bonds. The van der Waals surface area contributed by atoms with E-state index in [4.69, 9.17) is 4.74 Å². The van der Waals surface area contributed by atoms with Crippen LogP contribution in [0.2, 0.25) is 0 Å². The molecule has 8 nitrogen and oxygen atoms in total. The fourth-order valence-electron chi connectivity index (χ4n) is 5.11. The second-order valence-electron chi connectivity index (χ2n) is 11.2. The van der Waals surface area contributed by atoms with Gasteiger partial charge in [0, 0.05) is 19.0 Å². The molecule has 2 atom stereocenters. The van der Waals surface area contributed by atoms with Crippen LogP contribution in [-0.4, -0.2) is 50.9 Å². The minimum atomic E-state index is -4.15. The first-order valence-corrected chi connectivity index (χ1v) is 17.0. The number of amides is 2. The van der Waals surface area contributed by atoms with Gasteiger partial charge in [0.05, 0.1) is 17.7 Å². The van der Waals surface area contributed by atoms with Crippen LogP contribution in [0.1, 0.15) is 43.9 Å². The predicted octanol–water partition coefficient (Wildman–Crippen LogP) is 6.01. The summed E-state index contributed by atoms with van der Waals surface area (Å²) in [6.07, 6.45) is 1.74. The summed E-state index contributed by atoms with van der Waals surface area (Å²) in [5.74, 6) is -0.209. The lowest BCUT2D eigenvalue weighted by molar-refractivity contribution is -0.140. The number of nitrogens with one attached hydrogen (secondary N) is 1. The van der Waals surface area contributed by atoms with Crippen LogP contribution in [0.3, 0.4) is 0 Å². The third kappa shape index (κ3) is 8.75. The number of aryl methyl sites for hydroxylation is 1. The van der Waals surface area contributed by atoms with Gasteiger partial charge in [-0.3, -0.25) is 13.9 Å². The fourth-order valence-corrected chi connectivity index (χ4v) is 6.54. The summed E-state index contributed by atoms with van der Waals surface area (Å²) in [4.78, 5) is 30.1. The standard InChI is InChI=1S/C37H43N3O5S/c1-5-28(3)38-37(42)35(25-30-14-9-7-10-15-30)39(26-31-16-13-17-33(24-31)45-4)36(41)27-40(32-22-20-29(6-2)21-23-32)46(43,44)34-18-11-8-12-19-34/h7-24,28,35H,5-6,25-27H2,1-4H3,(H,38,42)/t28-,35-/m0/s1. The molecule has 0 heterocycles. The summed E-state index contributed by atoms with van der Waals surface area (Å²) in [6.45, 7) is 5.47. The third-order valence-corrected chi connectivity index (χ3v) is 9.79. The molecular weight excluding hydrogens is 598 g/mol. The molecule has 0 aliphatic heterocycles. The fraction of sp³-hybridized carbons (Fsp3) is 0.297. The van der Waals surface area contributed by atoms with Crippen molar-refractivity contribution >= 4 is 27.5 Å². The Morgan fingerprint density at radius 2 is 1.43 bits per heavy atom. The highest BCUT2D eigenvalue weighted by Gasteiger charge is 2.35. The SMILES string of the molecule is CCc1ccc(N(CC(=O)N(Cc2cccc(OC)c2)[C@@H](Cc2ccccc2)C(=O)N[C@@H](C)CC)S(=O)(=O)c2ccccc2)cc1. The second kappa shape index (κ2) is 16.1. The lowest BCUT2D eigenvalue weighted by Gasteiger charge is -2.34. The number of carbonyl (C=O) groups excluding carboxylic acids is 2. The van der Waals surface area contributed by atoms with Crippen molar-refractivity contribution in [2.24, 2.45) is 0 Å². The molecule has 0 aliphatic rings. The van der Waals surface area contributed by atoms with E-state index in [0.717, 1.165) is 27.4 Å². The number of nitrogens with zero attached hydrogens (tertiary/aromatic N) is 2. The first-order valence-electron chi connectivity index (χ1n) is 15.6. The molecule has 4 aromatic carbocycles. The van der Waals surface area contributed by atoms with Crippen molar-refractivity contribution in [1.82, 2.24) is 10.2 Å². The lowest BCUT2D eigenvalue weighted by Crippen LogP contribution is -2.54. The average molecular weight is 642 g/mol. The molecule has 0 saturated carbocycles. The van der Waals surface area contributed by atoms with E-state index >= 15 is 0 Å². The number of anilines is 1. The second-order valence-corrected chi connectivity index (χ2v) is 13.1. The van der Waals surface area contributed by atoms with Gasteiger partial charge in [0.1, 0.15) is 18.3 Å². The molecule has 0 bridgehead atoms. The molecule has 4 rings (SSSR count). The Morgan fingerprint density at radius 1 is 0.804 bits per heavy atom. The van der Waals surface area contributed by atoms with Crippen molar-refractivity contribution in [3.63, 3.8) is 0 Å². The van der Waals surface area contributed by atoms with Crippen molar-refractivity contribution < 1.29 is 22.7 Å². The molecule has 242 valence electrons. The summed E-state index contributed by atoms with van der Waals surface area (Å²) in [5.41, 5.74) is 3.02. The summed E-state index contributed by atoms with van der Waals surface area (Å²) in [5, 5.41) is 3.06. The van der Waals surface area contributed by atoms with Crippen LogP contribution in [0.5, 0.6) is 5.75 Å². The van der Waals surface area contributed by atoms with E-state index in [2.05, 4.69) is 5.32 Å². The number of sulfonamides is 1. The minimum absolute atomic E-state index is 0.0649. The van der Waals surface area contributed by atoms with Crippen LogP contribution in [0.25, 0.3) is 0 Å². The monoisotopic (exact) mass is 641 g/mol. The number of ether oxygens (including phenoxy) is 1. The number of rotatable bonds is 15. The number of benzene rings is 4. The molecule has 0 aliphatic carbocycles. The van der Waals surface area contributed by atoms with Gasteiger partial charge in [0.25, 0.3) is 10.0 Å². The summed E-state index contributed by atoms with van der Waals surface area (Å²) >= 11 is 0. The quantitative estimate of drug-likeness (QED) is 0.172. The van der Waals surface area contributed by atoms with E-state index in [0.29, 0.717) is 17.9 Å². The molecule has 0 spiro atoms. The number of methoxy groups -OCH3 is 1. The van der Waals surface area contributed by atoms with E-state index in [9.17, 15) is 18.0 Å². The van der Waals surface area contributed by atoms with Gasteiger partial charge in [0.15, 0.2) is 0 Å². The molecule has 4 aromatic rings. The van der Waals surface area contributed by atoms with Gasteiger partial charge >= 0.3 is 0 Å². The summed E-state index contributed by atoms with van der Waals surface area (Å²) < 4.78 is 34.8. The van der Waals surface area contributed by atoms with E-state index < -0.39 is 28.5 Å². The van der Waals surface area contributed by atoms with Gasteiger partial charge in [0.2, 0.25) is 11.8 Å². The van der Waals surface area contributed by atoms with Gasteiger partial charge in [-0.05, 0) is 72.9 Å². The van der Waals surface area contributed by atoms with Gasteiger partial charge in [-0.2, -0.15) is 0 Å². The van der Waals surface area contributed by atoms with Gasteiger partial charge < -0.3 is 15.0 Å². The van der Waals surface area contributed by atoms with Crippen LogP contribution in [0.4, 0.5) is 5.69 Å². The molecule has 1 N–H and O–H groups in total. The van der Waals surface area contributed by atoms with Crippen molar-refractivity contribution in [2.45, 2.75) is 63.6 Å². The first kappa shape index (κ1) is 34.2.